The van der Waals surface area contributed by atoms with Gasteiger partial charge in [0.2, 0.25) is 0 Å². The van der Waals surface area contributed by atoms with E-state index in [-0.39, 0.29) is 0 Å². The van der Waals surface area contributed by atoms with Crippen LogP contribution in [0.2, 0.25) is 0 Å². The monoisotopic (exact) mass is 267 g/mol. The van der Waals surface area contributed by atoms with Gasteiger partial charge in [-0.1, -0.05) is 33.0 Å². The molecular weight excluding hydrogens is 246 g/mol. The van der Waals surface area contributed by atoms with E-state index in [1.807, 2.05) is 13.8 Å². The first-order valence-electron chi connectivity index (χ1n) is 5.43. The third-order valence-electron chi connectivity index (χ3n) is 2.32. The summed E-state index contributed by atoms with van der Waals surface area (Å²) in [5.74, 6) is 0. The topological polar surface area (TPSA) is 66.6 Å². The Balaban J connectivity index is 4.72. The summed E-state index contributed by atoms with van der Waals surface area (Å²) < 4.78 is 27.0. The zero-order valence-corrected chi connectivity index (χ0v) is 11.8. The van der Waals surface area contributed by atoms with Crippen molar-refractivity contribution in [2.75, 3.05) is 26.2 Å². The fraction of sp³-hybridized carbons (Fsp3) is 0.889. The van der Waals surface area contributed by atoms with Crippen molar-refractivity contribution in [3.63, 3.8) is 0 Å². The standard InChI is InChI=1S/C9H21N3O2S2/c1-4-11(5-2)16(13,14)12(6-3)8-7-9(10)15/h4-8H2,1-3H3,(H2,10,15). The molecule has 7 heteroatoms. The molecule has 0 saturated carbocycles. The Kier molecular flexibility index (Phi) is 7.05. The van der Waals surface area contributed by atoms with E-state index in [4.69, 9.17) is 18.0 Å². The molecule has 0 aromatic heterocycles. The van der Waals surface area contributed by atoms with E-state index in [1.54, 1.807) is 6.92 Å². The second kappa shape index (κ2) is 7.16. The van der Waals surface area contributed by atoms with E-state index in [0.717, 1.165) is 0 Å². The zero-order chi connectivity index (χ0) is 12.8. The van der Waals surface area contributed by atoms with Gasteiger partial charge in [-0.2, -0.15) is 17.0 Å². The molecule has 0 radical (unpaired) electrons. The van der Waals surface area contributed by atoms with Crippen LogP contribution in [0.4, 0.5) is 0 Å². The van der Waals surface area contributed by atoms with E-state index >= 15 is 0 Å². The quantitative estimate of drug-likeness (QED) is 0.653. The molecular formula is C9H21N3O2S2. The van der Waals surface area contributed by atoms with Crippen LogP contribution in [0.1, 0.15) is 27.2 Å². The Morgan fingerprint density at radius 3 is 1.88 bits per heavy atom. The maximum absolute atomic E-state index is 12.1. The normalized spacial score (nSPS) is 12.3. The van der Waals surface area contributed by atoms with Crippen LogP contribution in [0.3, 0.4) is 0 Å². The fourth-order valence-corrected chi connectivity index (χ4v) is 3.10. The number of hydrogen-bond acceptors (Lipinski definition) is 3. The molecule has 16 heavy (non-hydrogen) atoms. The first-order chi connectivity index (χ1) is 7.39. The van der Waals surface area contributed by atoms with Gasteiger partial charge in [0.1, 0.15) is 0 Å². The summed E-state index contributed by atoms with van der Waals surface area (Å²) in [4.78, 5) is 0.341. The van der Waals surface area contributed by atoms with Gasteiger partial charge in [-0.05, 0) is 0 Å². The molecule has 0 aromatic rings. The highest BCUT2D eigenvalue weighted by Crippen LogP contribution is 2.08. The van der Waals surface area contributed by atoms with Gasteiger partial charge in [0.05, 0.1) is 4.99 Å². The van der Waals surface area contributed by atoms with Crippen molar-refractivity contribution < 1.29 is 8.42 Å². The number of thiocarbonyl (C=S) groups is 1. The van der Waals surface area contributed by atoms with Crippen molar-refractivity contribution >= 4 is 27.4 Å². The Morgan fingerprint density at radius 2 is 1.56 bits per heavy atom. The van der Waals surface area contributed by atoms with Gasteiger partial charge in [0.25, 0.3) is 10.2 Å². The molecule has 0 rings (SSSR count). The smallest absolute Gasteiger partial charge is 0.281 e. The highest BCUT2D eigenvalue weighted by atomic mass is 32.2. The zero-order valence-electron chi connectivity index (χ0n) is 10.1. The van der Waals surface area contributed by atoms with Crippen LogP contribution in [0, 0.1) is 0 Å². The lowest BCUT2D eigenvalue weighted by Gasteiger charge is -2.27. The van der Waals surface area contributed by atoms with Crippen LogP contribution < -0.4 is 5.73 Å². The van der Waals surface area contributed by atoms with Crippen LogP contribution in [0.5, 0.6) is 0 Å². The molecule has 0 heterocycles. The van der Waals surface area contributed by atoms with E-state index in [2.05, 4.69) is 0 Å². The molecule has 0 spiro atoms. The lowest BCUT2D eigenvalue weighted by atomic mass is 10.4. The number of nitrogens with zero attached hydrogens (tertiary/aromatic N) is 2. The molecule has 0 aliphatic carbocycles. The highest BCUT2D eigenvalue weighted by Gasteiger charge is 2.25. The maximum Gasteiger partial charge on any atom is 0.281 e. The number of nitrogens with two attached hydrogens (primary N) is 1. The minimum atomic E-state index is -3.36. The Bertz CT molecular complexity index is 313. The summed E-state index contributed by atoms with van der Waals surface area (Å²) in [5.41, 5.74) is 5.38. The summed E-state index contributed by atoms with van der Waals surface area (Å²) in [7, 11) is -3.36. The average molecular weight is 267 g/mol. The summed E-state index contributed by atoms with van der Waals surface area (Å²) >= 11 is 4.75. The van der Waals surface area contributed by atoms with Gasteiger partial charge in [-0.15, -0.1) is 0 Å². The molecule has 2 N–H and O–H groups in total. The lowest BCUT2D eigenvalue weighted by Crippen LogP contribution is -2.44. The van der Waals surface area contributed by atoms with Crippen LogP contribution in [0.15, 0.2) is 0 Å². The van der Waals surface area contributed by atoms with Gasteiger partial charge in [-0.3, -0.25) is 0 Å². The first kappa shape index (κ1) is 15.8. The molecule has 0 saturated heterocycles. The minimum absolute atomic E-state index is 0.341. The Hall–Kier alpha value is -0.240. The molecule has 0 bridgehead atoms. The second-order valence-electron chi connectivity index (χ2n) is 3.30. The van der Waals surface area contributed by atoms with Crippen LogP contribution in [-0.2, 0) is 10.2 Å². The molecule has 0 aliphatic heterocycles. The molecule has 0 aliphatic rings. The van der Waals surface area contributed by atoms with Crippen LogP contribution in [-0.4, -0.2) is 48.2 Å². The van der Waals surface area contributed by atoms with E-state index in [9.17, 15) is 8.42 Å². The summed E-state index contributed by atoms with van der Waals surface area (Å²) in [6.45, 7) is 7.18. The summed E-state index contributed by atoms with van der Waals surface area (Å²) in [6.07, 6.45) is 0.420. The Labute approximate surface area is 104 Å². The average Bonchev–Trinajstić information content (AvgIpc) is 2.19. The van der Waals surface area contributed by atoms with Crippen molar-refractivity contribution in [3.8, 4) is 0 Å². The van der Waals surface area contributed by atoms with Gasteiger partial charge in [0.15, 0.2) is 0 Å². The highest BCUT2D eigenvalue weighted by molar-refractivity contribution is 7.86. The van der Waals surface area contributed by atoms with Gasteiger partial charge in [-0.25, -0.2) is 0 Å². The molecule has 96 valence electrons. The van der Waals surface area contributed by atoms with E-state index < -0.39 is 10.2 Å². The first-order valence-corrected chi connectivity index (χ1v) is 7.24. The summed E-state index contributed by atoms with van der Waals surface area (Å²) in [5, 5.41) is 0. The molecule has 0 unspecified atom stereocenters. The molecule has 0 atom stereocenters. The van der Waals surface area contributed by atoms with Crippen molar-refractivity contribution in [2.45, 2.75) is 27.2 Å². The molecule has 5 nitrogen and oxygen atoms in total. The number of rotatable bonds is 8. The number of hydrogen-bond donors (Lipinski definition) is 1. The Morgan fingerprint density at radius 1 is 1.12 bits per heavy atom. The van der Waals surface area contributed by atoms with Crippen molar-refractivity contribution in [2.24, 2.45) is 5.73 Å². The van der Waals surface area contributed by atoms with Crippen molar-refractivity contribution in [3.05, 3.63) is 0 Å². The predicted molar refractivity (Wildman–Crippen MR) is 70.5 cm³/mol. The predicted octanol–water partition coefficient (Wildman–Crippen LogP) is 0.571. The van der Waals surface area contributed by atoms with Gasteiger partial charge >= 0.3 is 0 Å². The molecule has 0 aromatic carbocycles. The van der Waals surface area contributed by atoms with E-state index in [1.165, 1.54) is 8.61 Å². The van der Waals surface area contributed by atoms with Gasteiger partial charge < -0.3 is 5.73 Å². The van der Waals surface area contributed by atoms with Crippen LogP contribution >= 0.6 is 12.2 Å². The largest absolute Gasteiger partial charge is 0.393 e. The van der Waals surface area contributed by atoms with Crippen molar-refractivity contribution in [1.82, 2.24) is 8.61 Å². The molecule has 0 fully saturated rings. The van der Waals surface area contributed by atoms with Crippen molar-refractivity contribution in [1.29, 1.82) is 0 Å². The lowest BCUT2D eigenvalue weighted by molar-refractivity contribution is 0.361. The SMILES string of the molecule is CCN(CC)S(=O)(=O)N(CC)CCC(N)=S. The third-order valence-corrected chi connectivity index (χ3v) is 4.78. The molecule has 0 amide bonds. The fourth-order valence-electron chi connectivity index (χ4n) is 1.38. The maximum atomic E-state index is 12.1. The summed E-state index contributed by atoms with van der Waals surface area (Å²) in [6, 6.07) is 0. The van der Waals surface area contributed by atoms with E-state index in [0.29, 0.717) is 37.6 Å². The van der Waals surface area contributed by atoms with Gasteiger partial charge in [0, 0.05) is 32.6 Å². The minimum Gasteiger partial charge on any atom is -0.393 e. The van der Waals surface area contributed by atoms with Crippen LogP contribution in [0.25, 0.3) is 0 Å². The second-order valence-corrected chi connectivity index (χ2v) is 5.75. The third kappa shape index (κ3) is 4.32.